The highest BCUT2D eigenvalue weighted by atomic mass is 79.9. The lowest BCUT2D eigenvalue weighted by Gasteiger charge is -2.28. The second-order valence-corrected chi connectivity index (χ2v) is 10.2. The van der Waals surface area contributed by atoms with E-state index in [0.29, 0.717) is 31.0 Å². The minimum Gasteiger partial charge on any atom is -0.507 e. The number of benzene rings is 3. The molecule has 1 saturated heterocycles. The third kappa shape index (κ3) is 6.00. The Hall–Kier alpha value is -3.42. The summed E-state index contributed by atoms with van der Waals surface area (Å²) in [6.45, 7) is 9.17. The van der Waals surface area contributed by atoms with E-state index in [0.717, 1.165) is 34.3 Å². The average Bonchev–Trinajstić information content (AvgIpc) is 3.18. The topological polar surface area (TPSA) is 70.1 Å². The van der Waals surface area contributed by atoms with Crippen LogP contribution in [-0.2, 0) is 16.2 Å². The van der Waals surface area contributed by atoms with Gasteiger partial charge in [0.15, 0.2) is 0 Å². The lowest BCUT2D eigenvalue weighted by atomic mass is 9.95. The van der Waals surface area contributed by atoms with Gasteiger partial charge in [0.2, 0.25) is 0 Å². The fourth-order valence-corrected chi connectivity index (χ4v) is 5.19. The number of likely N-dealkylation sites (N-methyl/N-ethyl adjacent to an activating group) is 1. The van der Waals surface area contributed by atoms with Crippen LogP contribution in [0.2, 0.25) is 0 Å². The number of amides is 1. The first kappa shape index (κ1) is 27.6. The number of aliphatic hydroxyl groups excluding tert-OH is 1. The number of hydrogen-bond donors (Lipinski definition) is 1. The minimum atomic E-state index is -0.683. The molecule has 0 spiro atoms. The zero-order valence-corrected chi connectivity index (χ0v) is 23.6. The Balaban J connectivity index is 1.69. The van der Waals surface area contributed by atoms with Crippen molar-refractivity contribution in [3.8, 4) is 5.75 Å². The van der Waals surface area contributed by atoms with E-state index in [1.54, 1.807) is 23.1 Å². The van der Waals surface area contributed by atoms with E-state index in [9.17, 15) is 14.7 Å². The summed E-state index contributed by atoms with van der Waals surface area (Å²) in [6.07, 6.45) is 0. The van der Waals surface area contributed by atoms with Crippen LogP contribution in [0.25, 0.3) is 5.76 Å². The fourth-order valence-electron chi connectivity index (χ4n) is 4.77. The van der Waals surface area contributed by atoms with E-state index in [4.69, 9.17) is 4.74 Å². The molecule has 0 unspecified atom stereocenters. The average molecular weight is 578 g/mol. The number of carbonyl (C=O) groups excluding carboxylic acids is 2. The Morgan fingerprint density at radius 1 is 1.00 bits per heavy atom. The van der Waals surface area contributed by atoms with Gasteiger partial charge in [0.05, 0.1) is 11.6 Å². The van der Waals surface area contributed by atoms with Crippen molar-refractivity contribution in [2.24, 2.45) is 0 Å². The molecule has 6 nitrogen and oxygen atoms in total. The molecule has 1 amide bonds. The second-order valence-electron chi connectivity index (χ2n) is 9.33. The zero-order chi connectivity index (χ0) is 27.2. The molecule has 7 heteroatoms. The molecule has 1 aliphatic rings. The molecule has 3 aromatic rings. The van der Waals surface area contributed by atoms with Crippen molar-refractivity contribution in [3.05, 3.63) is 105 Å². The summed E-state index contributed by atoms with van der Waals surface area (Å²) in [5.74, 6) is -0.762. The molecule has 1 atom stereocenters. The second kappa shape index (κ2) is 12.4. The van der Waals surface area contributed by atoms with Crippen LogP contribution >= 0.6 is 15.9 Å². The predicted molar refractivity (Wildman–Crippen MR) is 153 cm³/mol. The highest BCUT2D eigenvalue weighted by Crippen LogP contribution is 2.40. The van der Waals surface area contributed by atoms with Crippen molar-refractivity contribution in [1.82, 2.24) is 9.80 Å². The largest absolute Gasteiger partial charge is 0.507 e. The number of hydrogen-bond acceptors (Lipinski definition) is 5. The summed E-state index contributed by atoms with van der Waals surface area (Å²) in [5, 5.41) is 11.4. The van der Waals surface area contributed by atoms with Crippen molar-refractivity contribution in [2.75, 3.05) is 26.2 Å². The predicted octanol–water partition coefficient (Wildman–Crippen LogP) is 6.10. The zero-order valence-electron chi connectivity index (χ0n) is 22.0. The summed E-state index contributed by atoms with van der Waals surface area (Å²) >= 11 is 3.51. The molecule has 198 valence electrons. The minimum absolute atomic E-state index is 0.102. The molecule has 0 aromatic heterocycles. The first-order valence-electron chi connectivity index (χ1n) is 12.9. The summed E-state index contributed by atoms with van der Waals surface area (Å²) in [6, 6.07) is 22.0. The summed E-state index contributed by atoms with van der Waals surface area (Å²) < 4.78 is 6.81. The number of aliphatic hydroxyl groups is 1. The number of ether oxygens (including phenoxy) is 1. The Labute approximate surface area is 232 Å². The number of aryl methyl sites for hydroxylation is 1. The molecule has 4 rings (SSSR count). The number of rotatable bonds is 10. The number of likely N-dealkylation sites (tertiary alicyclic amines) is 1. The van der Waals surface area contributed by atoms with Crippen LogP contribution in [-0.4, -0.2) is 52.8 Å². The molecular formula is C31H33BrN2O4. The van der Waals surface area contributed by atoms with E-state index in [1.165, 1.54) is 0 Å². The summed E-state index contributed by atoms with van der Waals surface area (Å²) in [7, 11) is 0. The quantitative estimate of drug-likeness (QED) is 0.179. The van der Waals surface area contributed by atoms with Gasteiger partial charge in [-0.1, -0.05) is 72.2 Å². The van der Waals surface area contributed by atoms with Crippen molar-refractivity contribution < 1.29 is 19.4 Å². The number of ketones is 1. The standard InChI is InChI=1S/C31H33BrN2O4/c1-4-33(5-2)16-17-34-28(23-12-9-13-25(32)19-23)27(30(36)31(34)37)29(35)24-14-15-26(21(3)18-24)38-20-22-10-7-6-8-11-22/h6-15,18-19,28,35H,4-5,16-17,20H2,1-3H3/b29-27+/t28-/m1/s1. The number of Topliss-reactive ketones (excluding diaryl/α,β-unsaturated/α-hetero) is 1. The molecule has 0 bridgehead atoms. The first-order valence-corrected chi connectivity index (χ1v) is 13.7. The van der Waals surface area contributed by atoms with Crippen molar-refractivity contribution in [2.45, 2.75) is 33.4 Å². The van der Waals surface area contributed by atoms with Gasteiger partial charge in [-0.25, -0.2) is 0 Å². The molecule has 1 aliphatic heterocycles. The Morgan fingerprint density at radius 2 is 1.74 bits per heavy atom. The summed E-state index contributed by atoms with van der Waals surface area (Å²) in [5.41, 5.74) is 3.21. The highest BCUT2D eigenvalue weighted by molar-refractivity contribution is 9.10. The van der Waals surface area contributed by atoms with Gasteiger partial charge < -0.3 is 19.6 Å². The Bertz CT molecular complexity index is 1330. The van der Waals surface area contributed by atoms with Gasteiger partial charge in [0, 0.05) is 23.1 Å². The maximum atomic E-state index is 13.3. The van der Waals surface area contributed by atoms with Crippen molar-refractivity contribution >= 4 is 33.4 Å². The van der Waals surface area contributed by atoms with Gasteiger partial charge in [0.1, 0.15) is 18.1 Å². The fraction of sp³-hybridized carbons (Fsp3) is 0.290. The van der Waals surface area contributed by atoms with Crippen LogP contribution in [0, 0.1) is 6.92 Å². The lowest BCUT2D eigenvalue weighted by molar-refractivity contribution is -0.140. The third-order valence-electron chi connectivity index (χ3n) is 6.94. The van der Waals surface area contributed by atoms with Gasteiger partial charge in [0.25, 0.3) is 11.7 Å². The van der Waals surface area contributed by atoms with E-state index < -0.39 is 17.7 Å². The van der Waals surface area contributed by atoms with Crippen molar-refractivity contribution in [1.29, 1.82) is 0 Å². The third-order valence-corrected chi connectivity index (χ3v) is 7.43. The van der Waals surface area contributed by atoms with Crippen LogP contribution in [0.3, 0.4) is 0 Å². The maximum Gasteiger partial charge on any atom is 0.295 e. The van der Waals surface area contributed by atoms with Crippen LogP contribution in [0.15, 0.2) is 82.8 Å². The molecule has 3 aromatic carbocycles. The molecule has 0 radical (unpaired) electrons. The molecule has 0 aliphatic carbocycles. The number of carbonyl (C=O) groups is 2. The van der Waals surface area contributed by atoms with Gasteiger partial charge >= 0.3 is 0 Å². The van der Waals surface area contributed by atoms with Crippen LogP contribution < -0.4 is 4.74 Å². The van der Waals surface area contributed by atoms with Crippen LogP contribution in [0.4, 0.5) is 0 Å². The number of halogens is 1. The number of nitrogens with zero attached hydrogens (tertiary/aromatic N) is 2. The Morgan fingerprint density at radius 3 is 2.39 bits per heavy atom. The van der Waals surface area contributed by atoms with Crippen molar-refractivity contribution in [3.63, 3.8) is 0 Å². The monoisotopic (exact) mass is 576 g/mol. The van der Waals surface area contributed by atoms with E-state index in [1.807, 2.05) is 61.5 Å². The molecular weight excluding hydrogens is 544 g/mol. The summed E-state index contributed by atoms with van der Waals surface area (Å²) in [4.78, 5) is 30.4. The highest BCUT2D eigenvalue weighted by Gasteiger charge is 2.46. The maximum absolute atomic E-state index is 13.3. The molecule has 1 fully saturated rings. The lowest BCUT2D eigenvalue weighted by Crippen LogP contribution is -2.38. The van der Waals surface area contributed by atoms with Gasteiger partial charge in [-0.05, 0) is 67.0 Å². The van der Waals surface area contributed by atoms with E-state index in [-0.39, 0.29) is 11.3 Å². The molecule has 1 N–H and O–H groups in total. The Kier molecular flexibility index (Phi) is 9.02. The molecule has 1 heterocycles. The van der Waals surface area contributed by atoms with Crippen LogP contribution in [0.5, 0.6) is 5.75 Å². The normalized spacial score (nSPS) is 16.9. The van der Waals surface area contributed by atoms with Crippen LogP contribution in [0.1, 0.15) is 42.1 Å². The smallest absolute Gasteiger partial charge is 0.295 e. The van der Waals surface area contributed by atoms with E-state index >= 15 is 0 Å². The van der Waals surface area contributed by atoms with Gasteiger partial charge in [-0.15, -0.1) is 0 Å². The van der Waals surface area contributed by atoms with Gasteiger partial charge in [-0.2, -0.15) is 0 Å². The first-order chi connectivity index (χ1) is 18.3. The SMILES string of the molecule is CCN(CC)CCN1C(=O)C(=O)/C(=C(/O)c2ccc(OCc3ccccc3)c(C)c2)[C@H]1c1cccc(Br)c1. The molecule has 38 heavy (non-hydrogen) atoms. The van der Waals surface area contributed by atoms with Gasteiger partial charge in [-0.3, -0.25) is 9.59 Å². The molecule has 0 saturated carbocycles. The van der Waals surface area contributed by atoms with E-state index in [2.05, 4.69) is 34.7 Å².